The molecule has 0 atom stereocenters. The number of aromatic nitrogens is 2. The zero-order valence-corrected chi connectivity index (χ0v) is 11.8. The molecule has 6 nitrogen and oxygen atoms in total. The lowest BCUT2D eigenvalue weighted by Gasteiger charge is -2.06. The minimum Gasteiger partial charge on any atom is -0.312 e. The molecule has 1 aromatic carbocycles. The largest absolute Gasteiger partial charge is 0.312 e. The Labute approximate surface area is 121 Å². The lowest BCUT2D eigenvalue weighted by atomic mass is 10.1. The Morgan fingerprint density at radius 3 is 2.95 bits per heavy atom. The SMILES string of the molecule is Cn1cc(CCNCc2c(Cl)cccc2[N+](=O)[O-])cn1. The molecular formula is C13H15ClN4O2. The summed E-state index contributed by atoms with van der Waals surface area (Å²) in [5, 5.41) is 18.6. The van der Waals surface area contributed by atoms with Gasteiger partial charge in [-0.25, -0.2) is 0 Å². The van der Waals surface area contributed by atoms with Crippen LogP contribution in [-0.2, 0) is 20.0 Å². The summed E-state index contributed by atoms with van der Waals surface area (Å²) in [5.74, 6) is 0. The first-order chi connectivity index (χ1) is 9.58. The lowest BCUT2D eigenvalue weighted by molar-refractivity contribution is -0.385. The molecule has 0 amide bonds. The normalized spacial score (nSPS) is 10.7. The van der Waals surface area contributed by atoms with E-state index in [1.54, 1.807) is 23.0 Å². The number of aryl methyl sites for hydroxylation is 1. The second kappa shape index (κ2) is 6.49. The molecule has 7 heteroatoms. The van der Waals surface area contributed by atoms with E-state index in [1.807, 2.05) is 13.2 Å². The summed E-state index contributed by atoms with van der Waals surface area (Å²) in [4.78, 5) is 10.5. The first-order valence-corrected chi connectivity index (χ1v) is 6.55. The van der Waals surface area contributed by atoms with Gasteiger partial charge in [0.1, 0.15) is 0 Å². The van der Waals surface area contributed by atoms with Crippen molar-refractivity contribution in [2.75, 3.05) is 6.54 Å². The van der Waals surface area contributed by atoms with E-state index in [-0.39, 0.29) is 5.69 Å². The molecule has 0 unspecified atom stereocenters. The Morgan fingerprint density at radius 2 is 2.30 bits per heavy atom. The highest BCUT2D eigenvalue weighted by atomic mass is 35.5. The molecule has 0 saturated heterocycles. The standard InChI is InChI=1S/C13H15ClN4O2/c1-17-9-10(7-16-17)5-6-15-8-11-12(14)3-2-4-13(11)18(19)20/h2-4,7,9,15H,5-6,8H2,1H3. The number of nitrogens with one attached hydrogen (secondary N) is 1. The van der Waals surface area contributed by atoms with Crippen molar-refractivity contribution in [2.45, 2.75) is 13.0 Å². The molecule has 0 aliphatic rings. The van der Waals surface area contributed by atoms with Crippen LogP contribution < -0.4 is 5.32 Å². The summed E-state index contributed by atoms with van der Waals surface area (Å²) in [6.45, 7) is 1.07. The average Bonchev–Trinajstić information content (AvgIpc) is 2.81. The van der Waals surface area contributed by atoms with Crippen molar-refractivity contribution >= 4 is 17.3 Å². The quantitative estimate of drug-likeness (QED) is 0.504. The van der Waals surface area contributed by atoms with Gasteiger partial charge in [-0.15, -0.1) is 0 Å². The number of benzene rings is 1. The van der Waals surface area contributed by atoms with Crippen LogP contribution in [0.1, 0.15) is 11.1 Å². The number of hydrogen-bond acceptors (Lipinski definition) is 4. The van der Waals surface area contributed by atoms with Crippen LogP contribution in [0.2, 0.25) is 5.02 Å². The van der Waals surface area contributed by atoms with Gasteiger partial charge in [0.15, 0.2) is 0 Å². The van der Waals surface area contributed by atoms with E-state index in [1.165, 1.54) is 6.07 Å². The van der Waals surface area contributed by atoms with Crippen LogP contribution in [0.15, 0.2) is 30.6 Å². The summed E-state index contributed by atoms with van der Waals surface area (Å²) in [7, 11) is 1.87. The fraction of sp³-hybridized carbons (Fsp3) is 0.308. The van der Waals surface area contributed by atoms with Crippen LogP contribution in [0, 0.1) is 10.1 Å². The molecule has 1 aromatic heterocycles. The number of rotatable bonds is 6. The maximum absolute atomic E-state index is 10.9. The van der Waals surface area contributed by atoms with E-state index in [9.17, 15) is 10.1 Å². The minimum absolute atomic E-state index is 0.0476. The van der Waals surface area contributed by atoms with Gasteiger partial charge in [0.05, 0.1) is 21.7 Å². The van der Waals surface area contributed by atoms with Crippen LogP contribution in [0.3, 0.4) is 0 Å². The maximum atomic E-state index is 10.9. The topological polar surface area (TPSA) is 73.0 Å². The van der Waals surface area contributed by atoms with E-state index in [0.29, 0.717) is 23.7 Å². The zero-order chi connectivity index (χ0) is 14.5. The summed E-state index contributed by atoms with van der Waals surface area (Å²) in [6, 6.07) is 4.70. The molecule has 2 rings (SSSR count). The molecule has 0 bridgehead atoms. The Kier molecular flexibility index (Phi) is 4.70. The Bertz CT molecular complexity index is 612. The van der Waals surface area contributed by atoms with Crippen LogP contribution >= 0.6 is 11.6 Å². The van der Waals surface area contributed by atoms with E-state index in [0.717, 1.165) is 12.0 Å². The molecule has 0 spiro atoms. The number of nitro groups is 1. The summed E-state index contributed by atoms with van der Waals surface area (Å²) >= 11 is 6.01. The van der Waals surface area contributed by atoms with E-state index in [4.69, 9.17) is 11.6 Å². The van der Waals surface area contributed by atoms with Gasteiger partial charge in [0.25, 0.3) is 5.69 Å². The van der Waals surface area contributed by atoms with Crippen molar-refractivity contribution in [1.82, 2.24) is 15.1 Å². The second-order valence-corrected chi connectivity index (χ2v) is 4.85. The van der Waals surface area contributed by atoms with Gasteiger partial charge < -0.3 is 5.32 Å². The molecule has 0 aliphatic heterocycles. The number of nitrogens with zero attached hydrogens (tertiary/aromatic N) is 3. The molecule has 0 radical (unpaired) electrons. The molecule has 0 saturated carbocycles. The Balaban J connectivity index is 1.92. The Morgan fingerprint density at radius 1 is 1.50 bits per heavy atom. The molecule has 20 heavy (non-hydrogen) atoms. The van der Waals surface area contributed by atoms with Crippen LogP contribution in [0.4, 0.5) is 5.69 Å². The zero-order valence-electron chi connectivity index (χ0n) is 11.0. The van der Waals surface area contributed by atoms with Gasteiger partial charge in [-0.3, -0.25) is 14.8 Å². The van der Waals surface area contributed by atoms with Crippen molar-refractivity contribution in [1.29, 1.82) is 0 Å². The minimum atomic E-state index is -0.413. The fourth-order valence-electron chi connectivity index (χ4n) is 1.94. The van der Waals surface area contributed by atoms with Crippen molar-refractivity contribution in [3.05, 3.63) is 56.9 Å². The van der Waals surface area contributed by atoms with E-state index in [2.05, 4.69) is 10.4 Å². The highest BCUT2D eigenvalue weighted by molar-refractivity contribution is 6.31. The van der Waals surface area contributed by atoms with Crippen molar-refractivity contribution < 1.29 is 4.92 Å². The second-order valence-electron chi connectivity index (χ2n) is 4.44. The van der Waals surface area contributed by atoms with Gasteiger partial charge in [0.2, 0.25) is 0 Å². The molecular weight excluding hydrogens is 280 g/mol. The van der Waals surface area contributed by atoms with Crippen LogP contribution in [0.5, 0.6) is 0 Å². The van der Waals surface area contributed by atoms with E-state index < -0.39 is 4.92 Å². The highest BCUT2D eigenvalue weighted by Crippen LogP contribution is 2.25. The number of nitro benzene ring substituents is 1. The third-order valence-corrected chi connectivity index (χ3v) is 3.30. The monoisotopic (exact) mass is 294 g/mol. The van der Waals surface area contributed by atoms with Crippen LogP contribution in [-0.4, -0.2) is 21.2 Å². The van der Waals surface area contributed by atoms with Crippen molar-refractivity contribution in [2.24, 2.45) is 7.05 Å². The fourth-order valence-corrected chi connectivity index (χ4v) is 2.18. The van der Waals surface area contributed by atoms with Crippen molar-refractivity contribution in [3.8, 4) is 0 Å². The van der Waals surface area contributed by atoms with Gasteiger partial charge in [-0.05, 0) is 24.6 Å². The van der Waals surface area contributed by atoms with Gasteiger partial charge >= 0.3 is 0 Å². The number of hydrogen-bond donors (Lipinski definition) is 1. The first-order valence-electron chi connectivity index (χ1n) is 6.18. The molecule has 0 aliphatic carbocycles. The van der Waals surface area contributed by atoms with Crippen LogP contribution in [0.25, 0.3) is 0 Å². The third kappa shape index (κ3) is 3.55. The van der Waals surface area contributed by atoms with Crippen molar-refractivity contribution in [3.63, 3.8) is 0 Å². The summed E-state index contributed by atoms with van der Waals surface area (Å²) in [6.07, 6.45) is 4.56. The summed E-state index contributed by atoms with van der Waals surface area (Å²) in [5.41, 5.74) is 1.69. The molecule has 1 heterocycles. The Hall–Kier alpha value is -1.92. The van der Waals surface area contributed by atoms with Gasteiger partial charge in [0, 0.05) is 25.9 Å². The predicted octanol–water partition coefficient (Wildman–Crippen LogP) is 2.31. The summed E-state index contributed by atoms with van der Waals surface area (Å²) < 4.78 is 1.74. The molecule has 0 fully saturated rings. The first kappa shape index (κ1) is 14.5. The lowest BCUT2D eigenvalue weighted by Crippen LogP contribution is -2.17. The third-order valence-electron chi connectivity index (χ3n) is 2.94. The molecule has 1 N–H and O–H groups in total. The predicted molar refractivity (Wildman–Crippen MR) is 76.7 cm³/mol. The highest BCUT2D eigenvalue weighted by Gasteiger charge is 2.15. The van der Waals surface area contributed by atoms with E-state index >= 15 is 0 Å². The van der Waals surface area contributed by atoms with Gasteiger partial charge in [-0.2, -0.15) is 5.10 Å². The average molecular weight is 295 g/mol. The van der Waals surface area contributed by atoms with Gasteiger partial charge in [-0.1, -0.05) is 17.7 Å². The maximum Gasteiger partial charge on any atom is 0.275 e. The smallest absolute Gasteiger partial charge is 0.275 e. The molecule has 106 valence electrons. The number of halogens is 1. The molecule has 2 aromatic rings.